The minimum absolute atomic E-state index is 0.0518. The number of ketones is 2. The molecule has 0 saturated heterocycles. The van der Waals surface area contributed by atoms with Gasteiger partial charge in [0.25, 0.3) is 0 Å². The molecule has 0 aromatic rings. The Morgan fingerprint density at radius 1 is 1.06 bits per heavy atom. The molecular formula is C15H28O2. The Morgan fingerprint density at radius 3 is 2.18 bits per heavy atom. The van der Waals surface area contributed by atoms with Gasteiger partial charge in [-0.25, -0.2) is 0 Å². The maximum Gasteiger partial charge on any atom is 0.133 e. The number of rotatable bonds is 10. The van der Waals surface area contributed by atoms with Crippen molar-refractivity contribution in [2.24, 2.45) is 11.8 Å². The lowest BCUT2D eigenvalue weighted by molar-refractivity contribution is -0.128. The summed E-state index contributed by atoms with van der Waals surface area (Å²) < 4.78 is 0. The monoisotopic (exact) mass is 240 g/mol. The summed E-state index contributed by atoms with van der Waals surface area (Å²) in [5.41, 5.74) is 0. The van der Waals surface area contributed by atoms with Gasteiger partial charge in [0.15, 0.2) is 0 Å². The molecular weight excluding hydrogens is 212 g/mol. The molecule has 2 atom stereocenters. The van der Waals surface area contributed by atoms with Crippen LogP contribution in [0.2, 0.25) is 0 Å². The predicted molar refractivity (Wildman–Crippen MR) is 72.0 cm³/mol. The van der Waals surface area contributed by atoms with Crippen LogP contribution < -0.4 is 0 Å². The Labute approximate surface area is 106 Å². The SMILES string of the molecule is CCCCCC(=O)CC(C(C)=O)C(C)CCC. The van der Waals surface area contributed by atoms with Crippen molar-refractivity contribution in [2.75, 3.05) is 0 Å². The largest absolute Gasteiger partial charge is 0.300 e. The van der Waals surface area contributed by atoms with E-state index in [4.69, 9.17) is 0 Å². The number of hydrogen-bond donors (Lipinski definition) is 0. The lowest BCUT2D eigenvalue weighted by atomic mass is 9.83. The van der Waals surface area contributed by atoms with Crippen LogP contribution in [0.1, 0.15) is 72.6 Å². The van der Waals surface area contributed by atoms with E-state index in [0.29, 0.717) is 18.8 Å². The first kappa shape index (κ1) is 16.3. The maximum atomic E-state index is 11.8. The summed E-state index contributed by atoms with van der Waals surface area (Å²) in [4.78, 5) is 23.4. The van der Waals surface area contributed by atoms with Crippen LogP contribution in [0.5, 0.6) is 0 Å². The number of hydrogen-bond acceptors (Lipinski definition) is 2. The molecule has 0 aliphatic rings. The number of carbonyl (C=O) groups excluding carboxylic acids is 2. The van der Waals surface area contributed by atoms with Crippen LogP contribution in [0.4, 0.5) is 0 Å². The molecule has 2 heteroatoms. The normalized spacial score (nSPS) is 14.4. The molecule has 0 bridgehead atoms. The molecule has 100 valence electrons. The van der Waals surface area contributed by atoms with Crippen molar-refractivity contribution in [3.05, 3.63) is 0 Å². The highest BCUT2D eigenvalue weighted by molar-refractivity contribution is 5.86. The Bertz CT molecular complexity index is 233. The highest BCUT2D eigenvalue weighted by Crippen LogP contribution is 2.23. The van der Waals surface area contributed by atoms with E-state index in [1.807, 2.05) is 0 Å². The topological polar surface area (TPSA) is 34.1 Å². The van der Waals surface area contributed by atoms with Gasteiger partial charge in [0.05, 0.1) is 0 Å². The van der Waals surface area contributed by atoms with Gasteiger partial charge in [-0.3, -0.25) is 9.59 Å². The summed E-state index contributed by atoms with van der Waals surface area (Å²) in [6.45, 7) is 7.97. The average Bonchev–Trinajstić information content (AvgIpc) is 2.26. The molecule has 0 amide bonds. The zero-order chi connectivity index (χ0) is 13.3. The first-order valence-electron chi connectivity index (χ1n) is 7.05. The fourth-order valence-corrected chi connectivity index (χ4v) is 2.32. The molecule has 0 aromatic heterocycles. The molecule has 0 aliphatic carbocycles. The van der Waals surface area contributed by atoms with Crippen molar-refractivity contribution in [1.29, 1.82) is 0 Å². The molecule has 17 heavy (non-hydrogen) atoms. The second-order valence-corrected chi connectivity index (χ2v) is 5.18. The Kier molecular flexibility index (Phi) is 9.01. The van der Waals surface area contributed by atoms with Crippen LogP contribution in [0.15, 0.2) is 0 Å². The first-order valence-corrected chi connectivity index (χ1v) is 7.05. The van der Waals surface area contributed by atoms with Gasteiger partial charge < -0.3 is 0 Å². The van der Waals surface area contributed by atoms with E-state index in [1.54, 1.807) is 6.92 Å². The maximum absolute atomic E-state index is 11.8. The van der Waals surface area contributed by atoms with Gasteiger partial charge in [-0.05, 0) is 19.3 Å². The fourth-order valence-electron chi connectivity index (χ4n) is 2.32. The van der Waals surface area contributed by atoms with Crippen LogP contribution in [-0.4, -0.2) is 11.6 Å². The number of unbranched alkanes of at least 4 members (excludes halogenated alkanes) is 2. The highest BCUT2D eigenvalue weighted by Gasteiger charge is 2.23. The molecule has 0 fully saturated rings. The zero-order valence-electron chi connectivity index (χ0n) is 11.9. The van der Waals surface area contributed by atoms with E-state index in [0.717, 1.165) is 32.1 Å². The smallest absolute Gasteiger partial charge is 0.133 e. The van der Waals surface area contributed by atoms with Crippen molar-refractivity contribution in [1.82, 2.24) is 0 Å². The molecule has 0 saturated carbocycles. The lowest BCUT2D eigenvalue weighted by Crippen LogP contribution is -2.23. The quantitative estimate of drug-likeness (QED) is 0.537. The van der Waals surface area contributed by atoms with Gasteiger partial charge in [-0.15, -0.1) is 0 Å². The molecule has 2 nitrogen and oxygen atoms in total. The van der Waals surface area contributed by atoms with Gasteiger partial charge in [-0.1, -0.05) is 46.5 Å². The zero-order valence-corrected chi connectivity index (χ0v) is 11.9. The van der Waals surface area contributed by atoms with Crippen LogP contribution >= 0.6 is 0 Å². The van der Waals surface area contributed by atoms with Gasteiger partial charge in [0, 0.05) is 18.8 Å². The van der Waals surface area contributed by atoms with E-state index < -0.39 is 0 Å². The van der Waals surface area contributed by atoms with Crippen molar-refractivity contribution >= 4 is 11.6 Å². The Morgan fingerprint density at radius 2 is 1.71 bits per heavy atom. The molecule has 0 aromatic carbocycles. The highest BCUT2D eigenvalue weighted by atomic mass is 16.1. The Hall–Kier alpha value is -0.660. The van der Waals surface area contributed by atoms with Crippen LogP contribution in [0.3, 0.4) is 0 Å². The molecule has 0 spiro atoms. The molecule has 0 heterocycles. The van der Waals surface area contributed by atoms with Gasteiger partial charge in [-0.2, -0.15) is 0 Å². The van der Waals surface area contributed by atoms with E-state index in [9.17, 15) is 9.59 Å². The lowest BCUT2D eigenvalue weighted by Gasteiger charge is -2.20. The molecule has 0 N–H and O–H groups in total. The number of Topliss-reactive ketones (excluding diaryl/α,β-unsaturated/α-hetero) is 2. The van der Waals surface area contributed by atoms with Crippen LogP contribution in [-0.2, 0) is 9.59 Å². The van der Waals surface area contributed by atoms with Gasteiger partial charge >= 0.3 is 0 Å². The summed E-state index contributed by atoms with van der Waals surface area (Å²) in [5.74, 6) is 0.730. The summed E-state index contributed by atoms with van der Waals surface area (Å²) in [6, 6.07) is 0. The predicted octanol–water partition coefficient (Wildman–Crippen LogP) is 4.17. The summed E-state index contributed by atoms with van der Waals surface area (Å²) in [6.07, 6.45) is 6.44. The molecule has 2 unspecified atom stereocenters. The van der Waals surface area contributed by atoms with Gasteiger partial charge in [0.1, 0.15) is 11.6 Å². The van der Waals surface area contributed by atoms with Crippen LogP contribution in [0, 0.1) is 11.8 Å². The molecule has 0 rings (SSSR count). The van der Waals surface area contributed by atoms with E-state index >= 15 is 0 Å². The van der Waals surface area contributed by atoms with Gasteiger partial charge in [0.2, 0.25) is 0 Å². The summed E-state index contributed by atoms with van der Waals surface area (Å²) in [5, 5.41) is 0. The molecule has 0 radical (unpaired) electrons. The first-order chi connectivity index (χ1) is 8.02. The summed E-state index contributed by atoms with van der Waals surface area (Å²) in [7, 11) is 0. The van der Waals surface area contributed by atoms with Crippen molar-refractivity contribution in [2.45, 2.75) is 72.6 Å². The minimum Gasteiger partial charge on any atom is -0.300 e. The Balaban J connectivity index is 4.15. The average molecular weight is 240 g/mol. The minimum atomic E-state index is -0.0518. The second-order valence-electron chi connectivity index (χ2n) is 5.18. The number of carbonyl (C=O) groups is 2. The van der Waals surface area contributed by atoms with Crippen molar-refractivity contribution < 1.29 is 9.59 Å². The fraction of sp³-hybridized carbons (Fsp3) is 0.867. The standard InChI is InChI=1S/C15H28O2/c1-5-7-8-10-14(17)11-15(13(4)16)12(3)9-6-2/h12,15H,5-11H2,1-4H3. The third kappa shape index (κ3) is 7.30. The second kappa shape index (κ2) is 9.38. The van der Waals surface area contributed by atoms with E-state index in [-0.39, 0.29) is 17.5 Å². The molecule has 0 aliphatic heterocycles. The summed E-state index contributed by atoms with van der Waals surface area (Å²) >= 11 is 0. The third-order valence-corrected chi connectivity index (χ3v) is 3.46. The van der Waals surface area contributed by atoms with E-state index in [1.165, 1.54) is 0 Å². The third-order valence-electron chi connectivity index (χ3n) is 3.46. The van der Waals surface area contributed by atoms with Crippen molar-refractivity contribution in [3.63, 3.8) is 0 Å². The van der Waals surface area contributed by atoms with Crippen molar-refractivity contribution in [3.8, 4) is 0 Å². The van der Waals surface area contributed by atoms with E-state index in [2.05, 4.69) is 20.8 Å². The van der Waals surface area contributed by atoms with Crippen LogP contribution in [0.25, 0.3) is 0 Å².